The van der Waals surface area contributed by atoms with Crippen LogP contribution in [0.3, 0.4) is 0 Å². The fourth-order valence-corrected chi connectivity index (χ4v) is 1.34. The number of nitrogens with zero attached hydrogens (tertiary/aromatic N) is 4. The first-order valence-corrected chi connectivity index (χ1v) is 4.84. The minimum Gasteiger partial charge on any atom is -0.368 e. The molecule has 0 amide bonds. The molecule has 78 valence electrons. The molecule has 2 heterocycles. The standard InChI is InChI=1S/C10H13N5/c1-15-8-7-12-10(15)4-6-11-9-3-2-5-13-14-9/h2-3,5,7-8H,4,6H2,1H3,(H,11,14). The highest BCUT2D eigenvalue weighted by Gasteiger charge is 1.98. The number of imidazole rings is 1. The first kappa shape index (κ1) is 9.64. The molecule has 5 heteroatoms. The van der Waals surface area contributed by atoms with E-state index in [-0.39, 0.29) is 0 Å². The Bertz CT molecular complexity index is 409. The molecule has 0 saturated heterocycles. The monoisotopic (exact) mass is 203 g/mol. The Labute approximate surface area is 88.2 Å². The van der Waals surface area contributed by atoms with Gasteiger partial charge in [-0.1, -0.05) is 0 Å². The van der Waals surface area contributed by atoms with Crippen LogP contribution in [0.4, 0.5) is 5.82 Å². The van der Waals surface area contributed by atoms with Crippen LogP contribution in [0.15, 0.2) is 30.7 Å². The van der Waals surface area contributed by atoms with Crippen molar-refractivity contribution in [1.82, 2.24) is 19.7 Å². The van der Waals surface area contributed by atoms with Crippen LogP contribution in [-0.4, -0.2) is 26.3 Å². The molecule has 2 aromatic rings. The van der Waals surface area contributed by atoms with Crippen molar-refractivity contribution in [2.24, 2.45) is 7.05 Å². The van der Waals surface area contributed by atoms with Gasteiger partial charge in [-0.15, -0.1) is 5.10 Å². The van der Waals surface area contributed by atoms with Gasteiger partial charge in [-0.05, 0) is 12.1 Å². The topological polar surface area (TPSA) is 55.6 Å². The summed E-state index contributed by atoms with van der Waals surface area (Å²) >= 11 is 0. The molecule has 1 N–H and O–H groups in total. The summed E-state index contributed by atoms with van der Waals surface area (Å²) < 4.78 is 2.01. The summed E-state index contributed by atoms with van der Waals surface area (Å²) in [4.78, 5) is 4.23. The van der Waals surface area contributed by atoms with Crippen molar-refractivity contribution in [3.63, 3.8) is 0 Å². The zero-order chi connectivity index (χ0) is 10.5. The van der Waals surface area contributed by atoms with Gasteiger partial charge in [0.2, 0.25) is 0 Å². The third-order valence-electron chi connectivity index (χ3n) is 2.15. The summed E-state index contributed by atoms with van der Waals surface area (Å²) in [5.74, 6) is 1.86. The second-order valence-electron chi connectivity index (χ2n) is 3.24. The number of anilines is 1. The molecule has 5 nitrogen and oxygen atoms in total. The van der Waals surface area contributed by atoms with Gasteiger partial charge in [0.05, 0.1) is 0 Å². The summed E-state index contributed by atoms with van der Waals surface area (Å²) in [6.07, 6.45) is 6.28. The molecular weight excluding hydrogens is 190 g/mol. The smallest absolute Gasteiger partial charge is 0.148 e. The molecule has 0 fully saturated rings. The van der Waals surface area contributed by atoms with Gasteiger partial charge in [0, 0.05) is 38.6 Å². The third-order valence-corrected chi connectivity index (χ3v) is 2.15. The maximum atomic E-state index is 4.23. The van der Waals surface area contributed by atoms with Gasteiger partial charge in [-0.2, -0.15) is 5.10 Å². The van der Waals surface area contributed by atoms with E-state index in [1.54, 1.807) is 12.4 Å². The zero-order valence-electron chi connectivity index (χ0n) is 8.59. The van der Waals surface area contributed by atoms with Gasteiger partial charge < -0.3 is 9.88 Å². The van der Waals surface area contributed by atoms with Crippen molar-refractivity contribution in [2.75, 3.05) is 11.9 Å². The molecule has 0 saturated carbocycles. The second-order valence-corrected chi connectivity index (χ2v) is 3.24. The van der Waals surface area contributed by atoms with Crippen LogP contribution in [0.1, 0.15) is 5.82 Å². The molecule has 0 aliphatic carbocycles. The van der Waals surface area contributed by atoms with E-state index in [1.165, 1.54) is 0 Å². The zero-order valence-corrected chi connectivity index (χ0v) is 8.59. The maximum absolute atomic E-state index is 4.23. The Morgan fingerprint density at radius 2 is 2.33 bits per heavy atom. The molecule has 0 aliphatic rings. The van der Waals surface area contributed by atoms with Crippen LogP contribution < -0.4 is 5.32 Å². The van der Waals surface area contributed by atoms with Crippen LogP contribution in [0, 0.1) is 0 Å². The van der Waals surface area contributed by atoms with Crippen LogP contribution in [-0.2, 0) is 13.5 Å². The molecule has 0 radical (unpaired) electrons. The van der Waals surface area contributed by atoms with Gasteiger partial charge >= 0.3 is 0 Å². The van der Waals surface area contributed by atoms with Crippen molar-refractivity contribution in [1.29, 1.82) is 0 Å². The lowest BCUT2D eigenvalue weighted by atomic mass is 10.4. The van der Waals surface area contributed by atoms with Crippen LogP contribution in [0.5, 0.6) is 0 Å². The van der Waals surface area contributed by atoms with E-state index in [2.05, 4.69) is 20.5 Å². The first-order chi connectivity index (χ1) is 7.36. The number of nitrogens with one attached hydrogen (secondary N) is 1. The van der Waals surface area contributed by atoms with E-state index < -0.39 is 0 Å². The fourth-order valence-electron chi connectivity index (χ4n) is 1.34. The second kappa shape index (κ2) is 4.54. The predicted molar refractivity (Wildman–Crippen MR) is 57.4 cm³/mol. The Kier molecular flexibility index (Phi) is 2.92. The largest absolute Gasteiger partial charge is 0.368 e. The van der Waals surface area contributed by atoms with E-state index in [0.29, 0.717) is 0 Å². The number of hydrogen-bond acceptors (Lipinski definition) is 4. The average Bonchev–Trinajstić information content (AvgIpc) is 2.66. The normalized spacial score (nSPS) is 10.2. The first-order valence-electron chi connectivity index (χ1n) is 4.84. The van der Waals surface area contributed by atoms with E-state index in [1.807, 2.05) is 29.9 Å². The third kappa shape index (κ3) is 2.52. The maximum Gasteiger partial charge on any atom is 0.148 e. The van der Waals surface area contributed by atoms with E-state index in [0.717, 1.165) is 24.6 Å². The van der Waals surface area contributed by atoms with Crippen molar-refractivity contribution < 1.29 is 0 Å². The van der Waals surface area contributed by atoms with Gasteiger partial charge in [0.1, 0.15) is 11.6 Å². The lowest BCUT2D eigenvalue weighted by Gasteiger charge is -2.04. The number of aromatic nitrogens is 4. The van der Waals surface area contributed by atoms with Crippen molar-refractivity contribution in [2.45, 2.75) is 6.42 Å². The molecule has 0 aromatic carbocycles. The minimum absolute atomic E-state index is 0.798. The summed E-state index contributed by atoms with van der Waals surface area (Å²) in [6, 6.07) is 3.75. The van der Waals surface area contributed by atoms with Crippen molar-refractivity contribution in [3.05, 3.63) is 36.5 Å². The van der Waals surface area contributed by atoms with Gasteiger partial charge in [-0.25, -0.2) is 4.98 Å². The summed E-state index contributed by atoms with van der Waals surface area (Å²) in [6.45, 7) is 0.809. The predicted octanol–water partition coefficient (Wildman–Crippen LogP) is 0.865. The number of rotatable bonds is 4. The van der Waals surface area contributed by atoms with E-state index in [9.17, 15) is 0 Å². The minimum atomic E-state index is 0.798. The highest BCUT2D eigenvalue weighted by Crippen LogP contribution is 1.99. The lowest BCUT2D eigenvalue weighted by molar-refractivity contribution is 0.787. The van der Waals surface area contributed by atoms with Crippen molar-refractivity contribution in [3.8, 4) is 0 Å². The summed E-state index contributed by atoms with van der Waals surface area (Å²) in [7, 11) is 1.99. The fraction of sp³-hybridized carbons (Fsp3) is 0.300. The summed E-state index contributed by atoms with van der Waals surface area (Å²) in [5, 5.41) is 10.9. The highest BCUT2D eigenvalue weighted by atomic mass is 15.2. The quantitative estimate of drug-likeness (QED) is 0.801. The Balaban J connectivity index is 1.83. The molecule has 2 rings (SSSR count). The molecule has 2 aromatic heterocycles. The molecule has 0 unspecified atom stereocenters. The van der Waals surface area contributed by atoms with Crippen molar-refractivity contribution >= 4 is 5.82 Å². The summed E-state index contributed by atoms with van der Waals surface area (Å²) in [5.41, 5.74) is 0. The molecule has 0 aliphatic heterocycles. The average molecular weight is 203 g/mol. The molecule has 0 spiro atoms. The van der Waals surface area contributed by atoms with Crippen LogP contribution in [0.25, 0.3) is 0 Å². The Hall–Kier alpha value is -1.91. The lowest BCUT2D eigenvalue weighted by Crippen LogP contribution is -2.09. The van der Waals surface area contributed by atoms with Gasteiger partial charge in [-0.3, -0.25) is 0 Å². The van der Waals surface area contributed by atoms with Gasteiger partial charge in [0.15, 0.2) is 0 Å². The van der Waals surface area contributed by atoms with E-state index in [4.69, 9.17) is 0 Å². The van der Waals surface area contributed by atoms with Crippen LogP contribution in [0.2, 0.25) is 0 Å². The number of hydrogen-bond donors (Lipinski definition) is 1. The van der Waals surface area contributed by atoms with E-state index >= 15 is 0 Å². The highest BCUT2D eigenvalue weighted by molar-refractivity contribution is 5.31. The van der Waals surface area contributed by atoms with Gasteiger partial charge in [0.25, 0.3) is 0 Å². The molecule has 0 bridgehead atoms. The Morgan fingerprint density at radius 3 is 3.00 bits per heavy atom. The molecule has 0 atom stereocenters. The molecular formula is C10H13N5. The van der Waals surface area contributed by atoms with Crippen LogP contribution >= 0.6 is 0 Å². The SMILES string of the molecule is Cn1ccnc1CCNc1cccnn1. The molecule has 15 heavy (non-hydrogen) atoms. The Morgan fingerprint density at radius 1 is 1.40 bits per heavy atom. The number of aryl methyl sites for hydroxylation is 1.